The summed E-state index contributed by atoms with van der Waals surface area (Å²) < 4.78 is 11.5. The zero-order valence-corrected chi connectivity index (χ0v) is 8.26. The third-order valence-corrected chi connectivity index (χ3v) is 3.72. The van der Waals surface area contributed by atoms with Crippen LogP contribution in [0.5, 0.6) is 0 Å². The van der Waals surface area contributed by atoms with Crippen molar-refractivity contribution in [2.45, 2.75) is 11.4 Å². The van der Waals surface area contributed by atoms with Gasteiger partial charge in [-0.2, -0.15) is 0 Å². The molecule has 1 aliphatic heterocycles. The van der Waals surface area contributed by atoms with Crippen LogP contribution < -0.4 is 10.6 Å². The van der Waals surface area contributed by atoms with Crippen LogP contribution in [0.2, 0.25) is 0 Å². The molecule has 0 bridgehead atoms. The molecule has 1 rings (SSSR count). The van der Waals surface area contributed by atoms with Gasteiger partial charge in [0.1, 0.15) is 5.75 Å². The minimum atomic E-state index is -1.28. The molecule has 0 spiro atoms. The monoisotopic (exact) mass is 206 g/mol. The van der Waals surface area contributed by atoms with E-state index in [4.69, 9.17) is 0 Å². The van der Waals surface area contributed by atoms with Crippen molar-refractivity contribution < 1.29 is 14.1 Å². The summed E-state index contributed by atoms with van der Waals surface area (Å²) in [5, 5.41) is 14.4. The normalized spacial score (nSPS) is 30.0. The molecule has 1 aliphatic rings. The maximum Gasteiger partial charge on any atom is 0.232 e. The van der Waals surface area contributed by atoms with E-state index in [-0.39, 0.29) is 16.9 Å². The first-order chi connectivity index (χ1) is 6.15. The molecular formula is C7H14N2O3S. The predicted octanol–water partition coefficient (Wildman–Crippen LogP) is -2.19. The highest BCUT2D eigenvalue weighted by molar-refractivity contribution is 7.86. The van der Waals surface area contributed by atoms with Gasteiger partial charge >= 0.3 is 0 Å². The molecule has 5 nitrogen and oxygen atoms in total. The van der Waals surface area contributed by atoms with Crippen molar-refractivity contribution in [2.24, 2.45) is 0 Å². The molecule has 13 heavy (non-hydrogen) atoms. The average molecular weight is 206 g/mol. The minimum absolute atomic E-state index is 0.0279. The Morgan fingerprint density at radius 1 is 1.69 bits per heavy atom. The summed E-state index contributed by atoms with van der Waals surface area (Å²) in [6, 6.07) is 0. The van der Waals surface area contributed by atoms with Gasteiger partial charge in [-0.05, 0) is 0 Å². The summed E-state index contributed by atoms with van der Waals surface area (Å²) in [6.07, 6.45) is -0.592. The first-order valence-corrected chi connectivity index (χ1v) is 5.50. The molecule has 0 aromatic carbocycles. The van der Waals surface area contributed by atoms with Crippen LogP contribution in [0.25, 0.3) is 0 Å². The molecule has 3 unspecified atom stereocenters. The Balaban J connectivity index is 2.43. The number of aliphatic hydroxyl groups excluding tert-OH is 1. The second-order valence-corrected chi connectivity index (χ2v) is 4.62. The third-order valence-electron chi connectivity index (χ3n) is 2.02. The quantitative estimate of drug-likeness (QED) is 0.490. The highest BCUT2D eigenvalue weighted by atomic mass is 32.2. The first kappa shape index (κ1) is 10.6. The fourth-order valence-electron chi connectivity index (χ4n) is 1.22. The Morgan fingerprint density at radius 3 is 2.85 bits per heavy atom. The van der Waals surface area contributed by atoms with Crippen molar-refractivity contribution in [3.05, 3.63) is 0 Å². The molecule has 76 valence electrons. The Kier molecular flexibility index (Phi) is 3.83. The number of hydrogen-bond donors (Lipinski definition) is 3. The Bertz CT molecular complexity index is 222. The maximum atomic E-state index is 11.5. The van der Waals surface area contributed by atoms with E-state index in [9.17, 15) is 14.1 Å². The van der Waals surface area contributed by atoms with E-state index in [0.29, 0.717) is 13.1 Å². The number of carbonyl (C=O) groups excluding carboxylic acids is 1. The molecule has 0 aliphatic carbocycles. The van der Waals surface area contributed by atoms with Crippen molar-refractivity contribution in [1.82, 2.24) is 10.6 Å². The Labute approximate surface area is 79.4 Å². The smallest absolute Gasteiger partial charge is 0.232 e. The summed E-state index contributed by atoms with van der Waals surface area (Å²) in [4.78, 5) is 10.9. The summed E-state index contributed by atoms with van der Waals surface area (Å²) in [6.45, 7) is 0.981. The molecular weight excluding hydrogens is 192 g/mol. The number of hydrogen-bond acceptors (Lipinski definition) is 4. The van der Waals surface area contributed by atoms with Gasteiger partial charge < -0.3 is 15.7 Å². The number of β-amino-alcohol motifs (C(OH)–C–C–N with tert-alkyl or cyclic N) is 1. The summed E-state index contributed by atoms with van der Waals surface area (Å²) >= 11 is 0. The van der Waals surface area contributed by atoms with Crippen LogP contribution in [-0.4, -0.2) is 52.5 Å². The summed E-state index contributed by atoms with van der Waals surface area (Å²) in [7, 11) is 0.223. The van der Waals surface area contributed by atoms with E-state index >= 15 is 0 Å². The SMILES string of the molecule is CNC(=O)CS(=O)C1CNCC1O. The van der Waals surface area contributed by atoms with E-state index in [1.165, 1.54) is 7.05 Å². The van der Waals surface area contributed by atoms with Crippen molar-refractivity contribution in [3.8, 4) is 0 Å². The van der Waals surface area contributed by atoms with Gasteiger partial charge in [0.15, 0.2) is 0 Å². The van der Waals surface area contributed by atoms with Crippen LogP contribution in [-0.2, 0) is 15.6 Å². The van der Waals surface area contributed by atoms with Crippen molar-refractivity contribution in [2.75, 3.05) is 25.9 Å². The molecule has 0 aromatic rings. The molecule has 1 heterocycles. The fourth-order valence-corrected chi connectivity index (χ4v) is 2.58. The molecule has 1 amide bonds. The van der Waals surface area contributed by atoms with Gasteiger partial charge in [-0.1, -0.05) is 0 Å². The molecule has 3 atom stereocenters. The number of rotatable bonds is 3. The van der Waals surface area contributed by atoms with Crippen LogP contribution in [0.1, 0.15) is 0 Å². The van der Waals surface area contributed by atoms with Crippen molar-refractivity contribution in [3.63, 3.8) is 0 Å². The number of aliphatic hydroxyl groups is 1. The molecule has 1 fully saturated rings. The number of amides is 1. The van der Waals surface area contributed by atoms with Crippen LogP contribution in [0.15, 0.2) is 0 Å². The van der Waals surface area contributed by atoms with Gasteiger partial charge in [-0.3, -0.25) is 9.00 Å². The van der Waals surface area contributed by atoms with Crippen LogP contribution >= 0.6 is 0 Å². The summed E-state index contributed by atoms with van der Waals surface area (Å²) in [5.74, 6) is -0.280. The third kappa shape index (κ3) is 2.75. The topological polar surface area (TPSA) is 78.4 Å². The average Bonchev–Trinajstić information content (AvgIpc) is 2.51. The van der Waals surface area contributed by atoms with Gasteiger partial charge in [-0.15, -0.1) is 0 Å². The lowest BCUT2D eigenvalue weighted by molar-refractivity contribution is -0.118. The van der Waals surface area contributed by atoms with Gasteiger partial charge in [0, 0.05) is 30.9 Å². The standard InChI is InChI=1S/C7H14N2O3S/c1-8-7(11)4-13(12)6-3-9-2-5(6)10/h5-6,9-10H,2-4H2,1H3,(H,8,11). The van der Waals surface area contributed by atoms with E-state index in [2.05, 4.69) is 10.6 Å². The van der Waals surface area contributed by atoms with Gasteiger partial charge in [0.25, 0.3) is 0 Å². The predicted molar refractivity (Wildman–Crippen MR) is 49.7 cm³/mol. The first-order valence-electron chi connectivity index (χ1n) is 4.11. The van der Waals surface area contributed by atoms with Gasteiger partial charge in [0.2, 0.25) is 5.91 Å². The molecule has 6 heteroatoms. The molecule has 3 N–H and O–H groups in total. The lowest BCUT2D eigenvalue weighted by atomic mass is 10.3. The van der Waals surface area contributed by atoms with Crippen LogP contribution in [0.4, 0.5) is 0 Å². The van der Waals surface area contributed by atoms with E-state index in [1.54, 1.807) is 0 Å². The highest BCUT2D eigenvalue weighted by Gasteiger charge is 2.30. The number of nitrogens with one attached hydrogen (secondary N) is 2. The maximum absolute atomic E-state index is 11.5. The highest BCUT2D eigenvalue weighted by Crippen LogP contribution is 2.07. The molecule has 0 aromatic heterocycles. The lowest BCUT2D eigenvalue weighted by Crippen LogP contribution is -2.35. The largest absolute Gasteiger partial charge is 0.390 e. The second-order valence-electron chi connectivity index (χ2n) is 2.96. The Morgan fingerprint density at radius 2 is 2.38 bits per heavy atom. The van der Waals surface area contributed by atoms with E-state index in [0.717, 1.165) is 0 Å². The van der Waals surface area contributed by atoms with E-state index in [1.807, 2.05) is 0 Å². The van der Waals surface area contributed by atoms with Crippen molar-refractivity contribution in [1.29, 1.82) is 0 Å². The molecule has 0 saturated carbocycles. The Hall–Kier alpha value is -0.460. The van der Waals surface area contributed by atoms with Crippen molar-refractivity contribution >= 4 is 16.7 Å². The zero-order valence-electron chi connectivity index (χ0n) is 7.45. The second kappa shape index (κ2) is 4.69. The fraction of sp³-hybridized carbons (Fsp3) is 0.857. The minimum Gasteiger partial charge on any atom is -0.390 e. The van der Waals surface area contributed by atoms with E-state index < -0.39 is 16.9 Å². The molecule has 0 radical (unpaired) electrons. The zero-order chi connectivity index (χ0) is 9.84. The summed E-state index contributed by atoms with van der Waals surface area (Å²) in [5.41, 5.74) is 0. The lowest BCUT2D eigenvalue weighted by Gasteiger charge is -2.11. The van der Waals surface area contributed by atoms with Crippen LogP contribution in [0, 0.1) is 0 Å². The van der Waals surface area contributed by atoms with Crippen LogP contribution in [0.3, 0.4) is 0 Å². The number of carbonyl (C=O) groups is 1. The molecule has 1 saturated heterocycles. The van der Waals surface area contributed by atoms with Gasteiger partial charge in [0.05, 0.1) is 11.4 Å². The van der Waals surface area contributed by atoms with Gasteiger partial charge in [-0.25, -0.2) is 0 Å².